The van der Waals surface area contributed by atoms with Crippen LogP contribution < -0.4 is 11.1 Å². The maximum Gasteiger partial charge on any atom is 0.230 e. The van der Waals surface area contributed by atoms with Crippen LogP contribution in [0.15, 0.2) is 24.3 Å². The number of imidazole rings is 1. The highest BCUT2D eigenvalue weighted by molar-refractivity contribution is 8.00. The van der Waals surface area contributed by atoms with E-state index < -0.39 is 0 Å². The molecule has 1 aromatic carbocycles. The third-order valence-corrected chi connectivity index (χ3v) is 4.33. The summed E-state index contributed by atoms with van der Waals surface area (Å²) in [6.07, 6.45) is 0.801. The molecule has 2 atom stereocenters. The number of carbonyl (C=O) groups is 1. The fraction of sp³-hybridized carbons (Fsp3) is 0.467. The van der Waals surface area contributed by atoms with Crippen LogP contribution in [-0.2, 0) is 4.79 Å². The molecule has 5 nitrogen and oxygen atoms in total. The summed E-state index contributed by atoms with van der Waals surface area (Å²) in [5.74, 6) is 1.38. The van der Waals surface area contributed by atoms with E-state index in [1.54, 1.807) is 11.8 Å². The first-order valence-corrected chi connectivity index (χ1v) is 8.19. The Morgan fingerprint density at radius 2 is 2.19 bits per heavy atom. The quantitative estimate of drug-likeness (QED) is 0.732. The van der Waals surface area contributed by atoms with Crippen molar-refractivity contribution in [3.05, 3.63) is 30.1 Å². The monoisotopic (exact) mass is 306 g/mol. The van der Waals surface area contributed by atoms with Crippen LogP contribution in [0.3, 0.4) is 0 Å². The predicted molar refractivity (Wildman–Crippen MR) is 88.2 cm³/mol. The number of amides is 1. The number of aromatic amines is 1. The summed E-state index contributed by atoms with van der Waals surface area (Å²) in [6.45, 7) is 4.62. The van der Waals surface area contributed by atoms with Crippen molar-refractivity contribution in [1.82, 2.24) is 15.3 Å². The summed E-state index contributed by atoms with van der Waals surface area (Å²) in [5, 5.41) is 3.03. The van der Waals surface area contributed by atoms with Crippen molar-refractivity contribution in [3.63, 3.8) is 0 Å². The smallest absolute Gasteiger partial charge is 0.230 e. The van der Waals surface area contributed by atoms with E-state index in [1.807, 2.05) is 31.2 Å². The number of H-pyrrole nitrogens is 1. The molecule has 114 valence electrons. The van der Waals surface area contributed by atoms with Crippen molar-refractivity contribution < 1.29 is 4.79 Å². The van der Waals surface area contributed by atoms with Gasteiger partial charge in [-0.25, -0.2) is 4.98 Å². The van der Waals surface area contributed by atoms with Gasteiger partial charge in [0.1, 0.15) is 5.82 Å². The van der Waals surface area contributed by atoms with Crippen molar-refractivity contribution >= 4 is 28.7 Å². The van der Waals surface area contributed by atoms with Gasteiger partial charge in [-0.05, 0) is 32.4 Å². The highest BCUT2D eigenvalue weighted by Gasteiger charge is 2.13. The molecule has 0 aliphatic carbocycles. The second kappa shape index (κ2) is 7.47. The molecule has 1 amide bonds. The molecule has 6 heteroatoms. The standard InChI is InChI=1S/C15H22N4OS/c1-10(16)7-8-17-14(20)9-21-11(2)15-18-12-5-3-4-6-13(12)19-15/h3-6,10-11H,7-9,16H2,1-2H3,(H,17,20)(H,18,19). The second-order valence-corrected chi connectivity index (χ2v) is 6.54. The minimum absolute atomic E-state index is 0.0450. The van der Waals surface area contributed by atoms with E-state index in [9.17, 15) is 4.79 Å². The van der Waals surface area contributed by atoms with E-state index in [-0.39, 0.29) is 17.2 Å². The number of para-hydroxylation sites is 2. The molecule has 0 saturated heterocycles. The van der Waals surface area contributed by atoms with E-state index in [1.165, 1.54) is 0 Å². The molecule has 21 heavy (non-hydrogen) atoms. The van der Waals surface area contributed by atoms with E-state index in [4.69, 9.17) is 5.73 Å². The summed E-state index contributed by atoms with van der Waals surface area (Å²) in [4.78, 5) is 19.6. The number of fused-ring (bicyclic) bond motifs is 1. The van der Waals surface area contributed by atoms with Crippen LogP contribution in [0.1, 0.15) is 31.3 Å². The molecule has 0 aliphatic rings. The lowest BCUT2D eigenvalue weighted by molar-refractivity contribution is -0.118. The van der Waals surface area contributed by atoms with Gasteiger partial charge in [-0.15, -0.1) is 11.8 Å². The van der Waals surface area contributed by atoms with Gasteiger partial charge in [-0.1, -0.05) is 12.1 Å². The van der Waals surface area contributed by atoms with Gasteiger partial charge in [0.15, 0.2) is 0 Å². The Morgan fingerprint density at radius 3 is 2.90 bits per heavy atom. The van der Waals surface area contributed by atoms with Gasteiger partial charge < -0.3 is 16.0 Å². The predicted octanol–water partition coefficient (Wildman–Crippen LogP) is 2.21. The first-order valence-electron chi connectivity index (χ1n) is 7.15. The largest absolute Gasteiger partial charge is 0.355 e. The molecular weight excluding hydrogens is 284 g/mol. The Labute approximate surface area is 129 Å². The lowest BCUT2D eigenvalue weighted by Crippen LogP contribution is -2.30. The number of aromatic nitrogens is 2. The first kappa shape index (κ1) is 15.9. The van der Waals surface area contributed by atoms with E-state index in [0.29, 0.717) is 12.3 Å². The maximum absolute atomic E-state index is 11.7. The number of carbonyl (C=O) groups excluding carboxylic acids is 1. The SMILES string of the molecule is CC(N)CCNC(=O)CSC(C)c1nc2ccccc2[nH]1. The van der Waals surface area contributed by atoms with Crippen molar-refractivity contribution in [3.8, 4) is 0 Å². The fourth-order valence-corrected chi connectivity index (χ4v) is 2.71. The Balaban J connectivity index is 1.81. The molecule has 2 unspecified atom stereocenters. The molecule has 0 fully saturated rings. The van der Waals surface area contributed by atoms with Crippen LogP contribution in [0.4, 0.5) is 0 Å². The number of nitrogens with one attached hydrogen (secondary N) is 2. The average Bonchev–Trinajstić information content (AvgIpc) is 2.88. The van der Waals surface area contributed by atoms with Gasteiger partial charge in [-0.3, -0.25) is 4.79 Å². The Morgan fingerprint density at radius 1 is 1.43 bits per heavy atom. The zero-order valence-corrected chi connectivity index (χ0v) is 13.2. The molecule has 2 rings (SSSR count). The van der Waals surface area contributed by atoms with E-state index >= 15 is 0 Å². The number of hydrogen-bond acceptors (Lipinski definition) is 4. The molecule has 0 radical (unpaired) electrons. The molecule has 1 aromatic heterocycles. The molecule has 0 bridgehead atoms. The first-order chi connectivity index (χ1) is 10.1. The lowest BCUT2D eigenvalue weighted by Gasteiger charge is -2.09. The fourth-order valence-electron chi connectivity index (χ4n) is 1.93. The van der Waals surface area contributed by atoms with Gasteiger partial charge in [0.2, 0.25) is 5.91 Å². The molecule has 2 aromatic rings. The van der Waals surface area contributed by atoms with Crippen molar-refractivity contribution in [2.75, 3.05) is 12.3 Å². The number of rotatable bonds is 7. The normalized spacial score (nSPS) is 14.0. The second-order valence-electron chi connectivity index (χ2n) is 5.21. The molecule has 1 heterocycles. The van der Waals surface area contributed by atoms with Crippen LogP contribution >= 0.6 is 11.8 Å². The minimum Gasteiger partial charge on any atom is -0.355 e. The Bertz CT molecular complexity index is 563. The van der Waals surface area contributed by atoms with Gasteiger partial charge in [0.25, 0.3) is 0 Å². The maximum atomic E-state index is 11.7. The number of nitrogens with two attached hydrogens (primary N) is 1. The zero-order valence-electron chi connectivity index (χ0n) is 12.4. The van der Waals surface area contributed by atoms with Gasteiger partial charge in [0, 0.05) is 12.6 Å². The number of nitrogens with zero attached hydrogens (tertiary/aromatic N) is 1. The average molecular weight is 306 g/mol. The third kappa shape index (κ3) is 4.75. The highest BCUT2D eigenvalue weighted by atomic mass is 32.2. The van der Waals surface area contributed by atoms with E-state index in [2.05, 4.69) is 22.2 Å². The van der Waals surface area contributed by atoms with Crippen LogP contribution in [-0.4, -0.2) is 34.2 Å². The van der Waals surface area contributed by atoms with Crippen molar-refractivity contribution in [2.24, 2.45) is 5.73 Å². The number of benzene rings is 1. The van der Waals surface area contributed by atoms with Crippen LogP contribution in [0, 0.1) is 0 Å². The molecular formula is C15H22N4OS. The summed E-state index contributed by atoms with van der Waals surface area (Å²) < 4.78 is 0. The van der Waals surface area contributed by atoms with Gasteiger partial charge >= 0.3 is 0 Å². The number of thioether (sulfide) groups is 1. The van der Waals surface area contributed by atoms with Crippen LogP contribution in [0.2, 0.25) is 0 Å². The summed E-state index contributed by atoms with van der Waals surface area (Å²) in [5.41, 5.74) is 7.63. The van der Waals surface area contributed by atoms with Crippen LogP contribution in [0.5, 0.6) is 0 Å². The topological polar surface area (TPSA) is 83.8 Å². The molecule has 0 saturated carbocycles. The minimum atomic E-state index is 0.0450. The van der Waals surface area contributed by atoms with Crippen molar-refractivity contribution in [2.45, 2.75) is 31.6 Å². The highest BCUT2D eigenvalue weighted by Crippen LogP contribution is 2.27. The zero-order chi connectivity index (χ0) is 15.2. The molecule has 0 aliphatic heterocycles. The van der Waals surface area contributed by atoms with E-state index in [0.717, 1.165) is 23.3 Å². The summed E-state index contributed by atoms with van der Waals surface area (Å²) >= 11 is 1.57. The van der Waals surface area contributed by atoms with Crippen LogP contribution in [0.25, 0.3) is 11.0 Å². The number of hydrogen-bond donors (Lipinski definition) is 3. The van der Waals surface area contributed by atoms with Gasteiger partial charge in [0.05, 0.1) is 22.0 Å². The third-order valence-electron chi connectivity index (χ3n) is 3.18. The van der Waals surface area contributed by atoms with Crippen molar-refractivity contribution in [1.29, 1.82) is 0 Å². The summed E-state index contributed by atoms with van der Waals surface area (Å²) in [7, 11) is 0. The Kier molecular flexibility index (Phi) is 5.64. The summed E-state index contributed by atoms with van der Waals surface area (Å²) in [6, 6.07) is 8.05. The molecule has 0 spiro atoms. The lowest BCUT2D eigenvalue weighted by atomic mass is 10.2. The molecule has 4 N–H and O–H groups in total. The van der Waals surface area contributed by atoms with Gasteiger partial charge in [-0.2, -0.15) is 0 Å². The Hall–Kier alpha value is -1.53.